The van der Waals surface area contributed by atoms with Crippen molar-refractivity contribution in [2.45, 2.75) is 73.1 Å². The molecule has 0 heterocycles. The fourth-order valence-electron chi connectivity index (χ4n) is 2.08. The van der Waals surface area contributed by atoms with E-state index < -0.39 is 0 Å². The minimum atomic E-state index is 0.930. The van der Waals surface area contributed by atoms with Crippen molar-refractivity contribution in [1.29, 1.82) is 0 Å². The molecule has 0 aliphatic carbocycles. The Bertz CT molecular complexity index is 113. The van der Waals surface area contributed by atoms with Crippen LogP contribution in [0.15, 0.2) is 0 Å². The maximum absolute atomic E-state index is 2.43. The van der Waals surface area contributed by atoms with Gasteiger partial charge in [-0.3, -0.25) is 0 Å². The van der Waals surface area contributed by atoms with Crippen LogP contribution in [-0.4, -0.2) is 0 Å². The highest BCUT2D eigenvalue weighted by atomic mass is 14.2. The second-order valence-corrected chi connectivity index (χ2v) is 5.11. The minimum absolute atomic E-state index is 0.930. The maximum atomic E-state index is 2.43. The Labute approximate surface area is 91.5 Å². The van der Waals surface area contributed by atoms with Crippen LogP contribution in [0.4, 0.5) is 0 Å². The highest BCUT2D eigenvalue weighted by Gasteiger charge is 2.10. The van der Waals surface area contributed by atoms with Crippen molar-refractivity contribution >= 4 is 0 Å². The van der Waals surface area contributed by atoms with Gasteiger partial charge < -0.3 is 0 Å². The van der Waals surface area contributed by atoms with E-state index in [1.165, 1.54) is 38.5 Å². The van der Waals surface area contributed by atoms with Gasteiger partial charge in [0.15, 0.2) is 0 Å². The average molecular weight is 198 g/mol. The molecule has 0 aliphatic rings. The normalized spacial score (nSPS) is 15.9. The van der Waals surface area contributed by atoms with Gasteiger partial charge in [-0.1, -0.05) is 66.7 Å². The lowest BCUT2D eigenvalue weighted by atomic mass is 9.87. The summed E-state index contributed by atoms with van der Waals surface area (Å²) in [7, 11) is 0. The zero-order valence-electron chi connectivity index (χ0n) is 11.0. The van der Waals surface area contributed by atoms with Gasteiger partial charge in [0.05, 0.1) is 0 Å². The van der Waals surface area contributed by atoms with Gasteiger partial charge >= 0.3 is 0 Å². The van der Waals surface area contributed by atoms with E-state index in [0.29, 0.717) is 0 Å². The third kappa shape index (κ3) is 6.45. The quantitative estimate of drug-likeness (QED) is 0.498. The summed E-state index contributed by atoms with van der Waals surface area (Å²) in [5, 5.41) is 0. The molecule has 0 amide bonds. The van der Waals surface area contributed by atoms with Gasteiger partial charge in [-0.15, -0.1) is 0 Å². The molecule has 2 atom stereocenters. The van der Waals surface area contributed by atoms with E-state index in [-0.39, 0.29) is 0 Å². The predicted molar refractivity (Wildman–Crippen MR) is 66.5 cm³/mol. The molecule has 0 saturated heterocycles. The SMILES string of the molecule is CCC(C)CCC(C)CC(CC)CC. The van der Waals surface area contributed by atoms with Gasteiger partial charge in [-0.25, -0.2) is 0 Å². The van der Waals surface area contributed by atoms with Crippen LogP contribution < -0.4 is 0 Å². The summed E-state index contributed by atoms with van der Waals surface area (Å²) in [5.74, 6) is 2.84. The first-order chi connectivity index (χ1) is 6.63. The van der Waals surface area contributed by atoms with Crippen LogP contribution in [0.5, 0.6) is 0 Å². The Balaban J connectivity index is 3.58. The summed E-state index contributed by atoms with van der Waals surface area (Å²) < 4.78 is 0. The highest BCUT2D eigenvalue weighted by molar-refractivity contribution is 4.62. The van der Waals surface area contributed by atoms with Crippen molar-refractivity contribution in [3.05, 3.63) is 0 Å². The molecule has 0 aromatic rings. The van der Waals surface area contributed by atoms with Crippen molar-refractivity contribution in [3.8, 4) is 0 Å². The van der Waals surface area contributed by atoms with Crippen molar-refractivity contribution in [3.63, 3.8) is 0 Å². The first-order valence-corrected chi connectivity index (χ1v) is 6.63. The zero-order valence-corrected chi connectivity index (χ0v) is 11.0. The van der Waals surface area contributed by atoms with Crippen LogP contribution in [0.3, 0.4) is 0 Å². The Morgan fingerprint density at radius 2 is 1.21 bits per heavy atom. The largest absolute Gasteiger partial charge is 0.0651 e. The van der Waals surface area contributed by atoms with E-state index in [0.717, 1.165) is 17.8 Å². The van der Waals surface area contributed by atoms with Crippen LogP contribution in [0, 0.1) is 17.8 Å². The zero-order chi connectivity index (χ0) is 11.0. The highest BCUT2D eigenvalue weighted by Crippen LogP contribution is 2.24. The summed E-state index contributed by atoms with van der Waals surface area (Å²) >= 11 is 0. The Hall–Kier alpha value is 0. The summed E-state index contributed by atoms with van der Waals surface area (Å²) in [6.45, 7) is 11.8. The van der Waals surface area contributed by atoms with Gasteiger partial charge in [0.2, 0.25) is 0 Å². The Morgan fingerprint density at radius 3 is 1.64 bits per heavy atom. The lowest BCUT2D eigenvalue weighted by molar-refractivity contribution is 0.331. The molecular formula is C14H30. The fraction of sp³-hybridized carbons (Fsp3) is 1.00. The molecule has 86 valence electrons. The van der Waals surface area contributed by atoms with Gasteiger partial charge in [-0.2, -0.15) is 0 Å². The molecule has 2 unspecified atom stereocenters. The van der Waals surface area contributed by atoms with Crippen LogP contribution in [0.2, 0.25) is 0 Å². The average Bonchev–Trinajstić information content (AvgIpc) is 2.22. The van der Waals surface area contributed by atoms with Crippen molar-refractivity contribution in [2.24, 2.45) is 17.8 Å². The molecule has 0 saturated carbocycles. The van der Waals surface area contributed by atoms with Gasteiger partial charge in [0.25, 0.3) is 0 Å². The maximum Gasteiger partial charge on any atom is -0.0417 e. The first-order valence-electron chi connectivity index (χ1n) is 6.63. The van der Waals surface area contributed by atoms with Crippen LogP contribution >= 0.6 is 0 Å². The van der Waals surface area contributed by atoms with Crippen molar-refractivity contribution in [2.75, 3.05) is 0 Å². The standard InChI is InChI=1S/C14H30/c1-6-12(4)9-10-13(5)11-14(7-2)8-3/h12-14H,6-11H2,1-5H3. The summed E-state index contributed by atoms with van der Waals surface area (Å²) in [6.07, 6.45) is 8.39. The topological polar surface area (TPSA) is 0 Å². The minimum Gasteiger partial charge on any atom is -0.0651 e. The molecule has 0 rings (SSSR count). The first kappa shape index (κ1) is 14.0. The number of rotatable bonds is 8. The molecule has 0 aromatic heterocycles. The van der Waals surface area contributed by atoms with Gasteiger partial charge in [0, 0.05) is 0 Å². The smallest absolute Gasteiger partial charge is 0.0417 e. The summed E-state index contributed by atoms with van der Waals surface area (Å²) in [6, 6.07) is 0. The number of hydrogen-bond acceptors (Lipinski definition) is 0. The Kier molecular flexibility index (Phi) is 8.32. The molecule has 0 bridgehead atoms. The molecule has 0 spiro atoms. The van der Waals surface area contributed by atoms with E-state index in [1.54, 1.807) is 0 Å². The van der Waals surface area contributed by atoms with Gasteiger partial charge in [0.1, 0.15) is 0 Å². The number of hydrogen-bond donors (Lipinski definition) is 0. The molecule has 0 radical (unpaired) electrons. The lowest BCUT2D eigenvalue weighted by Crippen LogP contribution is -2.06. The molecule has 0 fully saturated rings. The molecule has 0 nitrogen and oxygen atoms in total. The summed E-state index contributed by atoms with van der Waals surface area (Å²) in [5.41, 5.74) is 0. The van der Waals surface area contributed by atoms with E-state index in [1.807, 2.05) is 0 Å². The third-order valence-corrected chi connectivity index (χ3v) is 3.74. The van der Waals surface area contributed by atoms with E-state index in [9.17, 15) is 0 Å². The Morgan fingerprint density at radius 1 is 0.714 bits per heavy atom. The van der Waals surface area contributed by atoms with E-state index >= 15 is 0 Å². The lowest BCUT2D eigenvalue weighted by Gasteiger charge is -2.19. The molecule has 14 heavy (non-hydrogen) atoms. The monoisotopic (exact) mass is 198 g/mol. The molecule has 0 aromatic carbocycles. The second kappa shape index (κ2) is 8.32. The summed E-state index contributed by atoms with van der Waals surface area (Å²) in [4.78, 5) is 0. The molecule has 0 aliphatic heterocycles. The van der Waals surface area contributed by atoms with Crippen molar-refractivity contribution in [1.82, 2.24) is 0 Å². The fourth-order valence-corrected chi connectivity index (χ4v) is 2.08. The van der Waals surface area contributed by atoms with Gasteiger partial charge in [-0.05, 0) is 24.2 Å². The van der Waals surface area contributed by atoms with Crippen molar-refractivity contribution < 1.29 is 0 Å². The predicted octanol–water partition coefficient (Wildman–Crippen LogP) is 5.28. The second-order valence-electron chi connectivity index (χ2n) is 5.11. The van der Waals surface area contributed by atoms with Crippen LogP contribution in [-0.2, 0) is 0 Å². The molecular weight excluding hydrogens is 168 g/mol. The van der Waals surface area contributed by atoms with Crippen LogP contribution in [0.1, 0.15) is 73.1 Å². The molecule has 0 N–H and O–H groups in total. The van der Waals surface area contributed by atoms with E-state index in [4.69, 9.17) is 0 Å². The van der Waals surface area contributed by atoms with E-state index in [2.05, 4.69) is 34.6 Å². The molecule has 0 heteroatoms. The third-order valence-electron chi connectivity index (χ3n) is 3.74. The van der Waals surface area contributed by atoms with Crippen LogP contribution in [0.25, 0.3) is 0 Å².